The third kappa shape index (κ3) is 29.6. The molecule has 3 aliphatic heterocycles. The number of aromatic amines is 2. The molecule has 0 aliphatic carbocycles. The van der Waals surface area contributed by atoms with E-state index in [-0.39, 0.29) is 63.7 Å². The summed E-state index contributed by atoms with van der Waals surface area (Å²) in [4.78, 5) is 296. The summed E-state index contributed by atoms with van der Waals surface area (Å²) in [7, 11) is 3.66. The molecule has 134 heavy (non-hydrogen) atoms. The number of rotatable bonds is 27. The van der Waals surface area contributed by atoms with Crippen molar-refractivity contribution in [3.63, 3.8) is 0 Å². The Hall–Kier alpha value is -13.8. The van der Waals surface area contributed by atoms with Gasteiger partial charge in [-0.2, -0.15) is 0 Å². The quantitative estimate of drug-likeness (QED) is 0.0241. The van der Waals surface area contributed by atoms with Gasteiger partial charge in [-0.3, -0.25) is 95.9 Å². The molecule has 0 bridgehead atoms. The Morgan fingerprint density at radius 3 is 1.54 bits per heavy atom. The fraction of sp³-hybridized carbons (Fsp3) is 0.523. The second kappa shape index (κ2) is 50.2. The normalized spacial score (nSPS) is 24.8. The van der Waals surface area contributed by atoms with Crippen LogP contribution in [0.15, 0.2) is 85.2 Å². The van der Waals surface area contributed by atoms with Crippen molar-refractivity contribution in [3.05, 3.63) is 102 Å². The van der Waals surface area contributed by atoms with E-state index in [1.165, 1.54) is 51.5 Å². The molecule has 46 heteroatoms. The summed E-state index contributed by atoms with van der Waals surface area (Å²) < 4.78 is 0. The van der Waals surface area contributed by atoms with E-state index in [1.54, 1.807) is 68.6 Å². The van der Waals surface area contributed by atoms with Gasteiger partial charge < -0.3 is 130 Å². The number of H-pyrrole nitrogens is 2. The maximum absolute atomic E-state index is 15.8. The molecule has 3 aliphatic rings. The maximum atomic E-state index is 15.8. The van der Waals surface area contributed by atoms with Gasteiger partial charge in [0.05, 0.1) is 31.4 Å². The predicted octanol–water partition coefficient (Wildman–Crippen LogP) is -3.61. The first-order valence-corrected chi connectivity index (χ1v) is 45.2. The number of primary amides is 2. The molecule has 0 spiro atoms. The number of phenolic OH excluding ortho intramolecular Hbond substituents is 1. The molecule has 0 radical (unpaired) electrons. The molecule has 3 fully saturated rings. The SMILES string of the molecule is CCCC[C@H]1C(=O)N(C)[C@@H](CCCC)C(=O)N[C@@H](CCC(=O)O)C(=O)N[C@H](C(=O)NCC(N)=O)CSCC(=O)N[C@@H](Cc2ccc(O)cc2)C(=O)N(C)[C@@H](C)C(=O)N[C@H](CC(=O)O)C(=O)N2CCC[C@H]2C(=O)N[C@@H](CO)C(=O)N[C@@H](CCC(N)=O)C(=O)N2C[C@H](O)C[C@H]2C(=O)N[C@@H](Cc2c[nH]c3ccccc23)C(=O)N[C@@H](CCC(=O)O)C(=O)N[C@@H](Cc2c[nH]c3ccccc23)C(=O)N1C. The number of aliphatic hydroxyl groups is 2. The zero-order valence-electron chi connectivity index (χ0n) is 75.1. The van der Waals surface area contributed by atoms with Crippen LogP contribution in [-0.4, -0.2) is 333 Å². The lowest BCUT2D eigenvalue weighted by atomic mass is 9.99. The number of likely N-dealkylation sites (N-methyl/N-ethyl adjacent to an activating group) is 3. The lowest BCUT2D eigenvalue weighted by Gasteiger charge is -2.36. The Morgan fingerprint density at radius 1 is 0.485 bits per heavy atom. The van der Waals surface area contributed by atoms with Gasteiger partial charge >= 0.3 is 17.9 Å². The number of carboxylic acid groups (broad SMARTS) is 3. The molecule has 728 valence electrons. The Morgan fingerprint density at radius 2 is 0.970 bits per heavy atom. The molecule has 8 rings (SSSR count). The number of carboxylic acids is 3. The number of carbonyl (C=O) groups is 20. The fourth-order valence-corrected chi connectivity index (χ4v) is 16.9. The molecule has 5 heterocycles. The average Bonchev–Trinajstić information content (AvgIpc) is 1.55. The smallest absolute Gasteiger partial charge is 0.305 e. The van der Waals surface area contributed by atoms with Crippen molar-refractivity contribution in [2.75, 3.05) is 58.9 Å². The Kier molecular flexibility index (Phi) is 39.5. The molecule has 2 aromatic heterocycles. The van der Waals surface area contributed by atoms with Crippen LogP contribution in [0.4, 0.5) is 0 Å². The van der Waals surface area contributed by atoms with Crippen molar-refractivity contribution < 1.29 is 127 Å². The van der Waals surface area contributed by atoms with Gasteiger partial charge in [0.25, 0.3) is 0 Å². The molecule has 0 unspecified atom stereocenters. The summed E-state index contributed by atoms with van der Waals surface area (Å²) in [6, 6.07) is -5.28. The number of thioether (sulfide) groups is 1. The van der Waals surface area contributed by atoms with Gasteiger partial charge in [0, 0.05) is 119 Å². The number of hydrogen-bond acceptors (Lipinski definition) is 24. The molecule has 3 aromatic carbocycles. The number of nitrogens with one attached hydrogen (secondary N) is 12. The third-order valence-electron chi connectivity index (χ3n) is 23.6. The summed E-state index contributed by atoms with van der Waals surface area (Å²) in [6.07, 6.45) is -4.36. The first kappa shape index (κ1) is 106. The van der Waals surface area contributed by atoms with E-state index in [9.17, 15) is 93.0 Å². The molecule has 22 N–H and O–H groups in total. The first-order valence-electron chi connectivity index (χ1n) is 44.0. The molecule has 3 saturated heterocycles. The molecular formula is C88H119N19O26S. The third-order valence-corrected chi connectivity index (χ3v) is 24.6. The van der Waals surface area contributed by atoms with Crippen LogP contribution in [0.5, 0.6) is 5.75 Å². The Bertz CT molecular complexity index is 5130. The monoisotopic (exact) mass is 1890 g/mol. The topological polar surface area (TPSA) is 683 Å². The van der Waals surface area contributed by atoms with E-state index in [2.05, 4.69) is 63.1 Å². The van der Waals surface area contributed by atoms with Crippen molar-refractivity contribution in [3.8, 4) is 5.75 Å². The van der Waals surface area contributed by atoms with Crippen molar-refractivity contribution in [1.29, 1.82) is 0 Å². The highest BCUT2D eigenvalue weighted by molar-refractivity contribution is 8.00. The molecule has 15 atom stereocenters. The van der Waals surface area contributed by atoms with E-state index >= 15 is 33.6 Å². The highest BCUT2D eigenvalue weighted by Crippen LogP contribution is 2.28. The summed E-state index contributed by atoms with van der Waals surface area (Å²) in [5, 5.41) is 88.6. The minimum absolute atomic E-state index is 0.0618. The summed E-state index contributed by atoms with van der Waals surface area (Å²) in [6.45, 7) is 1.84. The number of amides is 17. The van der Waals surface area contributed by atoms with Gasteiger partial charge in [-0.05, 0) is 92.8 Å². The number of hydrogen-bond donors (Lipinski definition) is 20. The fourth-order valence-electron chi connectivity index (χ4n) is 16.1. The minimum atomic E-state index is -1.99. The van der Waals surface area contributed by atoms with E-state index < -0.39 is 298 Å². The second-order valence-electron chi connectivity index (χ2n) is 33.4. The Labute approximate surface area is 773 Å². The number of fused-ring (bicyclic) bond motifs is 4. The maximum Gasteiger partial charge on any atom is 0.305 e. The van der Waals surface area contributed by atoms with Gasteiger partial charge in [-0.15, -0.1) is 11.8 Å². The van der Waals surface area contributed by atoms with Crippen molar-refractivity contribution >= 4 is 152 Å². The molecule has 0 saturated carbocycles. The second-order valence-corrected chi connectivity index (χ2v) is 34.4. The van der Waals surface area contributed by atoms with Crippen LogP contribution < -0.4 is 64.6 Å². The van der Waals surface area contributed by atoms with Gasteiger partial charge in [-0.25, -0.2) is 0 Å². The number of nitrogens with two attached hydrogens (primary N) is 2. The van der Waals surface area contributed by atoms with Gasteiger partial charge in [0.2, 0.25) is 100 Å². The molecule has 45 nitrogen and oxygen atoms in total. The highest BCUT2D eigenvalue weighted by atomic mass is 32.2. The van der Waals surface area contributed by atoms with Crippen molar-refractivity contribution in [2.45, 2.75) is 233 Å². The number of aliphatic hydroxyl groups excluding tert-OH is 2. The van der Waals surface area contributed by atoms with Crippen LogP contribution >= 0.6 is 11.8 Å². The van der Waals surface area contributed by atoms with Crippen LogP contribution in [0.3, 0.4) is 0 Å². The predicted molar refractivity (Wildman–Crippen MR) is 479 cm³/mol. The van der Waals surface area contributed by atoms with Crippen LogP contribution in [0, 0.1) is 0 Å². The van der Waals surface area contributed by atoms with E-state index in [4.69, 9.17) is 11.5 Å². The van der Waals surface area contributed by atoms with Gasteiger partial charge in [0.15, 0.2) is 0 Å². The van der Waals surface area contributed by atoms with E-state index in [1.807, 2.05) is 0 Å². The average molecular weight is 1890 g/mol. The summed E-state index contributed by atoms with van der Waals surface area (Å²) >= 11 is 0.670. The van der Waals surface area contributed by atoms with Crippen molar-refractivity contribution in [1.82, 2.24) is 87.6 Å². The van der Waals surface area contributed by atoms with E-state index in [0.717, 1.165) is 31.5 Å². The van der Waals surface area contributed by atoms with Crippen LogP contribution in [0.25, 0.3) is 21.8 Å². The highest BCUT2D eigenvalue weighted by Gasteiger charge is 2.47. The largest absolute Gasteiger partial charge is 0.508 e. The summed E-state index contributed by atoms with van der Waals surface area (Å²) in [5.41, 5.74) is 13.2. The number of phenols is 1. The zero-order valence-corrected chi connectivity index (χ0v) is 75.9. The van der Waals surface area contributed by atoms with Gasteiger partial charge in [-0.1, -0.05) is 88.1 Å². The number of aromatic nitrogens is 2. The molecule has 5 aromatic rings. The number of nitrogens with zero attached hydrogens (tertiary/aromatic N) is 5. The number of benzene rings is 3. The Balaban J connectivity index is 1.21. The van der Waals surface area contributed by atoms with Crippen LogP contribution in [0.2, 0.25) is 0 Å². The number of aromatic hydroxyl groups is 1. The number of para-hydroxylation sites is 2. The number of unbranched alkanes of at least 4 members (excludes halogenated alkanes) is 2. The standard InChI is InChI=1S/C88H119N19O26S/c1-7-9-20-65-81(126)96-57(29-32-73(116)117)78(123)102-64(76(121)93-41-70(90)112)44-134-45-71(113)94-60(34-47-23-25-50(109)26-24-47)84(129)103(4)46(3)75(120)99-62(38-74(118)119)87(132)106-33-15-22-66(106)82(127)101-63(43-108)80(125)97-58(27-30-69(89)111)86(131)107-42-51(110)37-68(107)83(128)98-59(35-48-39-91-54-18-13-11-16-52(48)54)79(124)95-56(28-31-72(114)115)77(122)100-61(36-49-40-92-55-19-14-12-17-53(49)55)85(130)105(6)67(21-10-8-2)88(133)104(65)5/h11-14,16-19,23-26,39-40,46,51,56-68,91-92,108-110H,7-10,15,20-22,27-38,41-45H2,1-6H3,(H2,89,111)(H2,90,112)(H,93,121)(H,94,113)(H,95,124)(H,96,126)(H,97,125)(H,98,128)(H,99,120)(H,100,122)(H,101,127)(H,102,123)(H,114,115)(H,116,117)(H,118,119)/t46-,51+,56-,57-,58-,59-,60-,61-,62+,63-,64-,65-,66-,67-,68-/m0/s1. The van der Waals surface area contributed by atoms with Crippen molar-refractivity contribution in [2.24, 2.45) is 11.5 Å². The number of carbonyl (C=O) groups excluding carboxylic acids is 17. The molecular weight excluding hydrogens is 1770 g/mol. The van der Waals surface area contributed by atoms with Gasteiger partial charge in [0.1, 0.15) is 90.3 Å². The summed E-state index contributed by atoms with van der Waals surface area (Å²) in [5.74, 6) is -24.3. The number of aliphatic carboxylic acids is 3. The minimum Gasteiger partial charge on any atom is -0.508 e. The van der Waals surface area contributed by atoms with Crippen LogP contribution in [0.1, 0.15) is 140 Å². The molecule has 17 amide bonds. The first-order chi connectivity index (χ1) is 63.6. The lowest BCUT2D eigenvalue weighted by molar-refractivity contribution is -0.149. The zero-order chi connectivity index (χ0) is 98.5. The van der Waals surface area contributed by atoms with E-state index in [0.29, 0.717) is 63.1 Å². The lowest BCUT2D eigenvalue weighted by Crippen LogP contribution is -2.61. The van der Waals surface area contributed by atoms with Crippen LogP contribution in [-0.2, 0) is 115 Å².